The number of hydrogen-bond acceptors (Lipinski definition) is 5. The van der Waals surface area contributed by atoms with Crippen molar-refractivity contribution in [1.82, 2.24) is 20.9 Å². The molecule has 11 heteroatoms. The third kappa shape index (κ3) is 5.57. The van der Waals surface area contributed by atoms with E-state index < -0.39 is 29.7 Å². The number of nitrogens with zero attached hydrogens (tertiary/aromatic N) is 1. The van der Waals surface area contributed by atoms with Gasteiger partial charge in [0.1, 0.15) is 23.5 Å². The fourth-order valence-corrected chi connectivity index (χ4v) is 4.92. The molecule has 3 amide bonds. The summed E-state index contributed by atoms with van der Waals surface area (Å²) in [6.45, 7) is 3.82. The van der Waals surface area contributed by atoms with Crippen LogP contribution in [0.3, 0.4) is 0 Å². The van der Waals surface area contributed by atoms with Crippen LogP contribution in [0.5, 0.6) is 5.75 Å². The number of hydrogen-bond donors (Lipinski definition) is 4. The molecule has 2 fully saturated rings. The second-order valence-corrected chi connectivity index (χ2v) is 10.7. The third-order valence-corrected chi connectivity index (χ3v) is 6.98. The van der Waals surface area contributed by atoms with Crippen molar-refractivity contribution < 1.29 is 23.5 Å². The summed E-state index contributed by atoms with van der Waals surface area (Å²) in [4.78, 5) is 41.1. The minimum absolute atomic E-state index is 0.0232. The number of nitrogens with one attached hydrogen (secondary N) is 4. The summed E-state index contributed by atoms with van der Waals surface area (Å²) in [5, 5.41) is 18.1. The number of aromatic nitrogens is 1. The van der Waals surface area contributed by atoms with E-state index in [2.05, 4.69) is 27.0 Å². The lowest BCUT2D eigenvalue weighted by Gasteiger charge is -2.21. The van der Waals surface area contributed by atoms with Crippen LogP contribution in [0.15, 0.2) is 12.1 Å². The molecule has 0 unspecified atom stereocenters. The first-order chi connectivity index (χ1) is 17.0. The standard InChI is InChI=1S/C25H29ClFN5O4/c1-25(2)10-13(22(33)32-25)7-14(11-28)29-23(34)17(6-12-4-5-12)31-24(35)18-8-15-19(36-3)9-16(26)20(27)21(15)30-18/h8-9,12-14,17,30H,4-7,10H2,1-3H3,(H,29,34)(H,31,35)(H,32,33)/t13-,14+,17+/m1/s1. The van der Waals surface area contributed by atoms with E-state index >= 15 is 0 Å². The second kappa shape index (κ2) is 9.97. The summed E-state index contributed by atoms with van der Waals surface area (Å²) < 4.78 is 19.8. The predicted molar refractivity (Wildman–Crippen MR) is 131 cm³/mol. The Balaban J connectivity index is 1.48. The zero-order chi connectivity index (χ0) is 26.2. The van der Waals surface area contributed by atoms with Crippen LogP contribution in [-0.2, 0) is 9.59 Å². The van der Waals surface area contributed by atoms with E-state index in [1.165, 1.54) is 19.2 Å². The van der Waals surface area contributed by atoms with Crippen molar-refractivity contribution >= 4 is 40.2 Å². The predicted octanol–water partition coefficient (Wildman–Crippen LogP) is 3.18. The van der Waals surface area contributed by atoms with Gasteiger partial charge in [0, 0.05) is 22.9 Å². The van der Waals surface area contributed by atoms with Crippen molar-refractivity contribution in [2.75, 3.05) is 7.11 Å². The summed E-state index contributed by atoms with van der Waals surface area (Å²) in [7, 11) is 1.41. The SMILES string of the molecule is COc1cc(Cl)c(F)c2[nH]c(C(=O)N[C@@H](CC3CC3)C(=O)N[C@H](C#N)C[C@@H]3CC(C)(C)NC3=O)cc12. The highest BCUT2D eigenvalue weighted by Gasteiger charge is 2.39. The zero-order valence-corrected chi connectivity index (χ0v) is 21.1. The van der Waals surface area contributed by atoms with Crippen LogP contribution in [0.1, 0.15) is 56.4 Å². The molecule has 3 atom stereocenters. The molecule has 2 aliphatic rings. The van der Waals surface area contributed by atoms with E-state index in [0.29, 0.717) is 29.9 Å². The molecule has 0 radical (unpaired) electrons. The van der Waals surface area contributed by atoms with Gasteiger partial charge >= 0.3 is 0 Å². The number of benzene rings is 1. The third-order valence-electron chi connectivity index (χ3n) is 6.70. The van der Waals surface area contributed by atoms with Crippen LogP contribution in [0.25, 0.3) is 10.9 Å². The molecular weight excluding hydrogens is 489 g/mol. The van der Waals surface area contributed by atoms with Gasteiger partial charge in [0.15, 0.2) is 5.82 Å². The van der Waals surface area contributed by atoms with Gasteiger partial charge < -0.3 is 25.7 Å². The normalized spacial score (nSPS) is 20.3. The van der Waals surface area contributed by atoms with E-state index in [4.69, 9.17) is 16.3 Å². The number of amides is 3. The first kappa shape index (κ1) is 25.8. The number of rotatable bonds is 9. The van der Waals surface area contributed by atoms with Gasteiger partial charge in [-0.3, -0.25) is 14.4 Å². The van der Waals surface area contributed by atoms with E-state index in [0.717, 1.165) is 12.8 Å². The minimum Gasteiger partial charge on any atom is -0.496 e. The Kier molecular flexibility index (Phi) is 7.14. The first-order valence-electron chi connectivity index (χ1n) is 11.9. The van der Waals surface area contributed by atoms with Gasteiger partial charge in [-0.15, -0.1) is 0 Å². The van der Waals surface area contributed by atoms with Crippen molar-refractivity contribution in [3.8, 4) is 11.8 Å². The van der Waals surface area contributed by atoms with Gasteiger partial charge in [-0.05, 0) is 45.1 Å². The molecule has 4 N–H and O–H groups in total. The van der Waals surface area contributed by atoms with E-state index in [9.17, 15) is 24.0 Å². The number of nitriles is 1. The van der Waals surface area contributed by atoms with Crippen LogP contribution in [0.4, 0.5) is 4.39 Å². The highest BCUT2D eigenvalue weighted by molar-refractivity contribution is 6.31. The average Bonchev–Trinajstić information content (AvgIpc) is 3.45. The number of halogens is 2. The van der Waals surface area contributed by atoms with Gasteiger partial charge in [0.2, 0.25) is 11.8 Å². The Morgan fingerprint density at radius 2 is 2.03 bits per heavy atom. The molecule has 1 saturated heterocycles. The van der Waals surface area contributed by atoms with Gasteiger partial charge in [-0.25, -0.2) is 4.39 Å². The topological polar surface area (TPSA) is 136 Å². The van der Waals surface area contributed by atoms with Crippen LogP contribution >= 0.6 is 11.6 Å². The smallest absolute Gasteiger partial charge is 0.268 e. The summed E-state index contributed by atoms with van der Waals surface area (Å²) >= 11 is 5.92. The zero-order valence-electron chi connectivity index (χ0n) is 20.3. The fourth-order valence-electron chi connectivity index (χ4n) is 4.73. The summed E-state index contributed by atoms with van der Waals surface area (Å²) in [5.41, 5.74) is -0.296. The van der Waals surface area contributed by atoms with Crippen molar-refractivity contribution in [1.29, 1.82) is 5.26 Å². The molecule has 1 aliphatic heterocycles. The molecule has 0 bridgehead atoms. The van der Waals surface area contributed by atoms with Crippen molar-refractivity contribution in [3.63, 3.8) is 0 Å². The second-order valence-electron chi connectivity index (χ2n) is 10.3. The number of H-pyrrole nitrogens is 1. The van der Waals surface area contributed by atoms with Crippen LogP contribution < -0.4 is 20.7 Å². The molecular formula is C25H29ClFN5O4. The molecule has 1 aliphatic carbocycles. The van der Waals surface area contributed by atoms with Gasteiger partial charge in [-0.1, -0.05) is 24.4 Å². The highest BCUT2D eigenvalue weighted by Crippen LogP contribution is 2.35. The summed E-state index contributed by atoms with van der Waals surface area (Å²) in [5.74, 6) is -1.74. The Labute approximate surface area is 213 Å². The minimum atomic E-state index is -0.892. The van der Waals surface area contributed by atoms with Crippen molar-refractivity contribution in [3.05, 3.63) is 28.7 Å². The van der Waals surface area contributed by atoms with Gasteiger partial charge in [-0.2, -0.15) is 5.26 Å². The number of aromatic amines is 1. The molecule has 1 saturated carbocycles. The summed E-state index contributed by atoms with van der Waals surface area (Å²) in [6.07, 6.45) is 3.06. The average molecular weight is 518 g/mol. The van der Waals surface area contributed by atoms with E-state index in [-0.39, 0.29) is 40.0 Å². The van der Waals surface area contributed by atoms with E-state index in [1.807, 2.05) is 13.8 Å². The maximum atomic E-state index is 14.5. The highest BCUT2D eigenvalue weighted by atomic mass is 35.5. The molecule has 0 spiro atoms. The number of ether oxygens (including phenoxy) is 1. The molecule has 9 nitrogen and oxygen atoms in total. The fraction of sp³-hybridized carbons (Fsp3) is 0.520. The van der Waals surface area contributed by atoms with Gasteiger partial charge in [0.25, 0.3) is 5.91 Å². The van der Waals surface area contributed by atoms with E-state index in [1.54, 1.807) is 0 Å². The van der Waals surface area contributed by atoms with Gasteiger partial charge in [0.05, 0.1) is 23.7 Å². The number of fused-ring (bicyclic) bond motifs is 1. The van der Waals surface area contributed by atoms with Crippen LogP contribution in [-0.4, -0.2) is 47.4 Å². The molecule has 2 aromatic rings. The summed E-state index contributed by atoms with van der Waals surface area (Å²) in [6, 6.07) is 3.05. The maximum absolute atomic E-state index is 14.5. The molecule has 1 aromatic heterocycles. The largest absolute Gasteiger partial charge is 0.496 e. The Bertz CT molecular complexity index is 1250. The lowest BCUT2D eigenvalue weighted by Crippen LogP contribution is -2.50. The molecule has 192 valence electrons. The Morgan fingerprint density at radius 1 is 1.31 bits per heavy atom. The lowest BCUT2D eigenvalue weighted by atomic mass is 9.92. The number of carbonyl (C=O) groups excluding carboxylic acids is 3. The first-order valence-corrected chi connectivity index (χ1v) is 12.3. The number of carbonyl (C=O) groups is 3. The van der Waals surface area contributed by atoms with Crippen LogP contribution in [0.2, 0.25) is 5.02 Å². The quantitative estimate of drug-likeness (QED) is 0.405. The Hall–Kier alpha value is -3.32. The Morgan fingerprint density at radius 3 is 2.61 bits per heavy atom. The van der Waals surface area contributed by atoms with Crippen LogP contribution in [0, 0.1) is 29.0 Å². The number of methoxy groups -OCH3 is 1. The monoisotopic (exact) mass is 517 g/mol. The molecule has 2 heterocycles. The molecule has 1 aromatic carbocycles. The maximum Gasteiger partial charge on any atom is 0.268 e. The van der Waals surface area contributed by atoms with Crippen molar-refractivity contribution in [2.45, 2.75) is 63.6 Å². The van der Waals surface area contributed by atoms with Crippen molar-refractivity contribution in [2.24, 2.45) is 11.8 Å². The lowest BCUT2D eigenvalue weighted by molar-refractivity contribution is -0.125. The molecule has 4 rings (SSSR count). The molecule has 36 heavy (non-hydrogen) atoms.